The lowest BCUT2D eigenvalue weighted by molar-refractivity contribution is -0.132. The number of fused-ring (bicyclic) bond motifs is 1. The van der Waals surface area contributed by atoms with Gasteiger partial charge in [-0.15, -0.1) is 0 Å². The number of carbonyl (C=O) groups excluding carboxylic acids is 2. The predicted molar refractivity (Wildman–Crippen MR) is 124 cm³/mol. The number of aromatic nitrogens is 1. The van der Waals surface area contributed by atoms with Crippen molar-refractivity contribution in [3.63, 3.8) is 0 Å². The van der Waals surface area contributed by atoms with Gasteiger partial charge in [0.2, 0.25) is 0 Å². The van der Waals surface area contributed by atoms with E-state index in [0.717, 1.165) is 25.7 Å². The molecule has 5 rings (SSSR count). The van der Waals surface area contributed by atoms with E-state index < -0.39 is 17.7 Å². The molecule has 0 bridgehead atoms. The van der Waals surface area contributed by atoms with Crippen molar-refractivity contribution < 1.29 is 14.7 Å². The number of pyridine rings is 1. The van der Waals surface area contributed by atoms with Crippen LogP contribution in [0, 0.1) is 0 Å². The normalized spacial score (nSPS) is 19.8. The lowest BCUT2D eigenvalue weighted by Crippen LogP contribution is -2.29. The van der Waals surface area contributed by atoms with Gasteiger partial charge < -0.3 is 5.11 Å². The third kappa shape index (κ3) is 3.49. The van der Waals surface area contributed by atoms with E-state index >= 15 is 0 Å². The standard InChI is InChI=1S/C26H21ClN2O3/c27-20-7-9-21(10-8-20)29-23(17-11-13-28-14-12-17)22(25(31)26(29)32)24(30)19-6-5-16-3-1-2-4-18(16)15-19/h5-15,23,30H,1-4H2/b24-22-. The Balaban J connectivity index is 1.68. The van der Waals surface area contributed by atoms with Crippen molar-refractivity contribution in [2.45, 2.75) is 31.7 Å². The van der Waals surface area contributed by atoms with Crippen LogP contribution in [0.4, 0.5) is 5.69 Å². The highest BCUT2D eigenvalue weighted by Crippen LogP contribution is 2.42. The molecule has 1 N–H and O–H groups in total. The van der Waals surface area contributed by atoms with Crippen LogP contribution in [0.25, 0.3) is 5.76 Å². The maximum atomic E-state index is 13.2. The summed E-state index contributed by atoms with van der Waals surface area (Å²) in [6, 6.07) is 15.3. The number of halogens is 1. The predicted octanol–water partition coefficient (Wildman–Crippen LogP) is 5.24. The first-order valence-corrected chi connectivity index (χ1v) is 11.0. The minimum atomic E-state index is -0.768. The maximum absolute atomic E-state index is 13.2. The van der Waals surface area contributed by atoms with Crippen LogP contribution in [0.15, 0.2) is 72.6 Å². The Bertz CT molecular complexity index is 1240. The summed E-state index contributed by atoms with van der Waals surface area (Å²) in [5.74, 6) is -1.55. The number of benzene rings is 2. The van der Waals surface area contributed by atoms with Gasteiger partial charge in [-0.2, -0.15) is 0 Å². The summed E-state index contributed by atoms with van der Waals surface area (Å²) in [5, 5.41) is 11.8. The zero-order valence-electron chi connectivity index (χ0n) is 17.3. The van der Waals surface area contributed by atoms with Gasteiger partial charge in [0.1, 0.15) is 5.76 Å². The van der Waals surface area contributed by atoms with Gasteiger partial charge in [0, 0.05) is 28.7 Å². The van der Waals surface area contributed by atoms with E-state index in [9.17, 15) is 14.7 Å². The largest absolute Gasteiger partial charge is 0.507 e. The van der Waals surface area contributed by atoms with Gasteiger partial charge in [-0.25, -0.2) is 0 Å². The van der Waals surface area contributed by atoms with Crippen molar-refractivity contribution >= 4 is 34.7 Å². The number of aliphatic hydroxyl groups excluding tert-OH is 1. The number of amides is 1. The van der Waals surface area contributed by atoms with E-state index in [1.54, 1.807) is 48.8 Å². The van der Waals surface area contributed by atoms with Crippen molar-refractivity contribution in [1.29, 1.82) is 0 Å². The Kier molecular flexibility index (Phi) is 5.27. The summed E-state index contributed by atoms with van der Waals surface area (Å²) in [6.07, 6.45) is 7.45. The fraction of sp³-hybridized carbons (Fsp3) is 0.192. The molecule has 1 saturated heterocycles. The molecule has 1 atom stereocenters. The number of rotatable bonds is 3. The van der Waals surface area contributed by atoms with Crippen LogP contribution in [0.5, 0.6) is 0 Å². The number of nitrogens with zero attached hydrogens (tertiary/aromatic N) is 2. The van der Waals surface area contributed by atoms with Crippen molar-refractivity contribution in [2.75, 3.05) is 4.90 Å². The number of hydrogen-bond acceptors (Lipinski definition) is 4. The second-order valence-electron chi connectivity index (χ2n) is 8.12. The second kappa shape index (κ2) is 8.24. The number of aryl methyl sites for hydroxylation is 2. The number of aliphatic hydroxyl groups is 1. The summed E-state index contributed by atoms with van der Waals surface area (Å²) < 4.78 is 0. The number of carbonyl (C=O) groups is 2. The summed E-state index contributed by atoms with van der Waals surface area (Å²) in [7, 11) is 0. The van der Waals surface area contributed by atoms with E-state index in [0.29, 0.717) is 21.8 Å². The minimum absolute atomic E-state index is 0.0758. The number of ketones is 1. The SMILES string of the molecule is O=C1C(=O)N(c2ccc(Cl)cc2)C(c2ccncc2)/C1=C(/O)c1ccc2c(c1)CCCC2. The topological polar surface area (TPSA) is 70.5 Å². The highest BCUT2D eigenvalue weighted by Gasteiger charge is 2.47. The molecule has 2 heterocycles. The van der Waals surface area contributed by atoms with Gasteiger partial charge in [-0.3, -0.25) is 19.5 Å². The summed E-state index contributed by atoms with van der Waals surface area (Å²) >= 11 is 6.03. The molecular formula is C26H21ClN2O3. The van der Waals surface area contributed by atoms with Gasteiger partial charge in [0.25, 0.3) is 11.7 Å². The van der Waals surface area contributed by atoms with Crippen LogP contribution < -0.4 is 4.90 Å². The quantitative estimate of drug-likeness (QED) is 0.340. The molecule has 3 aromatic rings. The van der Waals surface area contributed by atoms with Crippen molar-refractivity contribution in [3.8, 4) is 0 Å². The van der Waals surface area contributed by atoms with Crippen LogP contribution in [0.2, 0.25) is 5.02 Å². The van der Waals surface area contributed by atoms with Crippen molar-refractivity contribution in [1.82, 2.24) is 4.98 Å². The van der Waals surface area contributed by atoms with E-state index in [-0.39, 0.29) is 11.3 Å². The molecule has 0 saturated carbocycles. The molecule has 6 heteroatoms. The van der Waals surface area contributed by atoms with E-state index in [1.165, 1.54) is 16.0 Å². The zero-order valence-corrected chi connectivity index (χ0v) is 18.0. The molecule has 5 nitrogen and oxygen atoms in total. The first kappa shape index (κ1) is 20.5. The number of hydrogen-bond donors (Lipinski definition) is 1. The second-order valence-corrected chi connectivity index (χ2v) is 8.55. The molecule has 0 radical (unpaired) electrons. The third-order valence-corrected chi connectivity index (χ3v) is 6.44. The molecule has 1 fully saturated rings. The zero-order chi connectivity index (χ0) is 22.2. The fourth-order valence-electron chi connectivity index (χ4n) is 4.60. The highest BCUT2D eigenvalue weighted by atomic mass is 35.5. The Labute approximate surface area is 191 Å². The van der Waals surface area contributed by atoms with Crippen LogP contribution in [0.3, 0.4) is 0 Å². The van der Waals surface area contributed by atoms with Crippen molar-refractivity contribution in [2.24, 2.45) is 0 Å². The maximum Gasteiger partial charge on any atom is 0.300 e. The molecule has 0 spiro atoms. The van der Waals surface area contributed by atoms with Gasteiger partial charge in [0.15, 0.2) is 0 Å². The monoisotopic (exact) mass is 444 g/mol. The van der Waals surface area contributed by atoms with E-state index in [4.69, 9.17) is 11.6 Å². The van der Waals surface area contributed by atoms with Gasteiger partial charge >= 0.3 is 0 Å². The first-order valence-electron chi connectivity index (χ1n) is 10.6. The highest BCUT2D eigenvalue weighted by molar-refractivity contribution is 6.51. The molecule has 1 aromatic heterocycles. The Morgan fingerprint density at radius 1 is 0.938 bits per heavy atom. The van der Waals surface area contributed by atoms with Gasteiger partial charge in [0.05, 0.1) is 11.6 Å². The van der Waals surface area contributed by atoms with Gasteiger partial charge in [-0.1, -0.05) is 23.7 Å². The third-order valence-electron chi connectivity index (χ3n) is 6.19. The molecule has 2 aliphatic rings. The lowest BCUT2D eigenvalue weighted by atomic mass is 9.89. The molecular weight excluding hydrogens is 424 g/mol. The molecule has 32 heavy (non-hydrogen) atoms. The van der Waals surface area contributed by atoms with Crippen LogP contribution in [-0.4, -0.2) is 21.8 Å². The molecule has 2 aromatic carbocycles. The summed E-state index contributed by atoms with van der Waals surface area (Å²) in [5.41, 5.74) is 4.31. The number of anilines is 1. The van der Waals surface area contributed by atoms with Crippen LogP contribution in [0.1, 0.15) is 41.1 Å². The van der Waals surface area contributed by atoms with Crippen molar-refractivity contribution in [3.05, 3.63) is 99.8 Å². The van der Waals surface area contributed by atoms with Gasteiger partial charge in [-0.05, 0) is 84.8 Å². The number of Topliss-reactive ketones (excluding diaryl/α,β-unsaturated/α-hetero) is 1. The molecule has 1 amide bonds. The molecule has 1 aliphatic heterocycles. The Morgan fingerprint density at radius 2 is 1.62 bits per heavy atom. The average molecular weight is 445 g/mol. The molecule has 1 aliphatic carbocycles. The smallest absolute Gasteiger partial charge is 0.300 e. The Hall–Kier alpha value is -3.44. The average Bonchev–Trinajstić information content (AvgIpc) is 3.10. The first-order chi connectivity index (χ1) is 15.5. The fourth-order valence-corrected chi connectivity index (χ4v) is 4.72. The van der Waals surface area contributed by atoms with Crippen LogP contribution >= 0.6 is 11.6 Å². The van der Waals surface area contributed by atoms with E-state index in [2.05, 4.69) is 4.98 Å². The van der Waals surface area contributed by atoms with Crippen LogP contribution in [-0.2, 0) is 22.4 Å². The summed E-state index contributed by atoms with van der Waals surface area (Å²) in [4.78, 5) is 31.8. The summed E-state index contributed by atoms with van der Waals surface area (Å²) in [6.45, 7) is 0. The Morgan fingerprint density at radius 3 is 2.34 bits per heavy atom. The lowest BCUT2D eigenvalue weighted by Gasteiger charge is -2.25. The minimum Gasteiger partial charge on any atom is -0.507 e. The molecule has 1 unspecified atom stereocenters. The van der Waals surface area contributed by atoms with E-state index in [1.807, 2.05) is 18.2 Å². The molecule has 160 valence electrons.